The van der Waals surface area contributed by atoms with Crippen LogP contribution in [0.4, 0.5) is 0 Å². The summed E-state index contributed by atoms with van der Waals surface area (Å²) in [6, 6.07) is 14.1. The predicted octanol–water partition coefficient (Wildman–Crippen LogP) is 3.89. The number of aromatic carboxylic acids is 1. The third-order valence-corrected chi connectivity index (χ3v) is 3.48. The van der Waals surface area contributed by atoms with Crippen molar-refractivity contribution < 1.29 is 9.90 Å². The van der Waals surface area contributed by atoms with Crippen molar-refractivity contribution in [3.63, 3.8) is 0 Å². The first kappa shape index (κ1) is 13.4. The van der Waals surface area contributed by atoms with Gasteiger partial charge in [0, 0.05) is 22.3 Å². The molecule has 0 radical (unpaired) electrons. The van der Waals surface area contributed by atoms with E-state index in [9.17, 15) is 4.79 Å². The molecule has 1 heterocycles. The fourth-order valence-corrected chi connectivity index (χ4v) is 2.30. The molecule has 0 saturated carbocycles. The van der Waals surface area contributed by atoms with Crippen molar-refractivity contribution in [2.24, 2.45) is 0 Å². The summed E-state index contributed by atoms with van der Waals surface area (Å²) >= 11 is 6.17. The van der Waals surface area contributed by atoms with Crippen molar-refractivity contribution in [3.8, 4) is 16.8 Å². The molecule has 0 aliphatic rings. The average Bonchev–Trinajstić information content (AvgIpc) is 2.97. The van der Waals surface area contributed by atoms with Crippen LogP contribution in [0.2, 0.25) is 5.02 Å². The van der Waals surface area contributed by atoms with Crippen LogP contribution < -0.4 is 0 Å². The zero-order chi connectivity index (χ0) is 14.8. The molecule has 2 aromatic carbocycles. The Bertz CT molecular complexity index is 794. The molecule has 1 aromatic heterocycles. The van der Waals surface area contributed by atoms with Crippen LogP contribution in [-0.4, -0.2) is 20.9 Å². The molecule has 0 fully saturated rings. The maximum absolute atomic E-state index is 10.8. The molecule has 0 atom stereocenters. The minimum atomic E-state index is -0.946. The molecule has 3 aromatic rings. The Balaban J connectivity index is 1.95. The topological polar surface area (TPSA) is 55.1 Å². The Morgan fingerprint density at radius 3 is 2.48 bits per heavy atom. The second-order valence-electron chi connectivity index (χ2n) is 4.51. The lowest BCUT2D eigenvalue weighted by atomic mass is 10.1. The van der Waals surface area contributed by atoms with Crippen molar-refractivity contribution in [1.29, 1.82) is 0 Å². The monoisotopic (exact) mass is 298 g/mol. The first-order valence-corrected chi connectivity index (χ1v) is 6.66. The number of carboxylic acids is 1. The zero-order valence-corrected chi connectivity index (χ0v) is 11.7. The van der Waals surface area contributed by atoms with E-state index in [0.29, 0.717) is 5.02 Å². The Labute approximate surface area is 126 Å². The molecule has 0 spiro atoms. The minimum Gasteiger partial charge on any atom is -0.478 e. The van der Waals surface area contributed by atoms with E-state index < -0.39 is 5.97 Å². The van der Waals surface area contributed by atoms with Gasteiger partial charge in [-0.15, -0.1) is 0 Å². The van der Waals surface area contributed by atoms with Crippen LogP contribution in [-0.2, 0) is 0 Å². The Morgan fingerprint density at radius 2 is 1.81 bits per heavy atom. The second kappa shape index (κ2) is 5.42. The highest BCUT2D eigenvalue weighted by atomic mass is 35.5. The van der Waals surface area contributed by atoms with Crippen LogP contribution in [0.5, 0.6) is 0 Å². The summed E-state index contributed by atoms with van der Waals surface area (Å²) in [7, 11) is 0. The highest BCUT2D eigenvalue weighted by Gasteiger charge is 2.07. The highest BCUT2D eigenvalue weighted by Crippen LogP contribution is 2.27. The van der Waals surface area contributed by atoms with Gasteiger partial charge in [0.1, 0.15) is 0 Å². The fourth-order valence-electron chi connectivity index (χ4n) is 2.06. The molecular weight excluding hydrogens is 288 g/mol. The second-order valence-corrected chi connectivity index (χ2v) is 4.91. The SMILES string of the molecule is O=C(O)c1ccc(-n2cc(-c3ccccc3Cl)cn2)cc1. The smallest absolute Gasteiger partial charge is 0.335 e. The lowest BCUT2D eigenvalue weighted by Crippen LogP contribution is -1.98. The van der Waals surface area contributed by atoms with Crippen molar-refractivity contribution in [1.82, 2.24) is 9.78 Å². The molecule has 0 amide bonds. The lowest BCUT2D eigenvalue weighted by Gasteiger charge is -2.02. The van der Waals surface area contributed by atoms with Crippen molar-refractivity contribution in [2.75, 3.05) is 0 Å². The zero-order valence-electron chi connectivity index (χ0n) is 10.9. The number of carbonyl (C=O) groups is 1. The molecule has 0 bridgehead atoms. The van der Waals surface area contributed by atoms with Gasteiger partial charge in [-0.05, 0) is 30.3 Å². The molecule has 4 nitrogen and oxygen atoms in total. The van der Waals surface area contributed by atoms with E-state index >= 15 is 0 Å². The summed E-state index contributed by atoms with van der Waals surface area (Å²) in [5.74, 6) is -0.946. The van der Waals surface area contributed by atoms with Gasteiger partial charge in [-0.1, -0.05) is 29.8 Å². The van der Waals surface area contributed by atoms with Gasteiger partial charge in [-0.3, -0.25) is 0 Å². The molecular formula is C16H11ClN2O2. The number of hydrogen-bond donors (Lipinski definition) is 1. The van der Waals surface area contributed by atoms with Gasteiger partial charge in [-0.2, -0.15) is 5.10 Å². The van der Waals surface area contributed by atoms with Crippen LogP contribution in [0.25, 0.3) is 16.8 Å². The third kappa shape index (κ3) is 2.66. The van der Waals surface area contributed by atoms with Gasteiger partial charge >= 0.3 is 5.97 Å². The summed E-state index contributed by atoms with van der Waals surface area (Å²) < 4.78 is 1.68. The maximum Gasteiger partial charge on any atom is 0.335 e. The van der Waals surface area contributed by atoms with Crippen LogP contribution in [0.3, 0.4) is 0 Å². The van der Waals surface area contributed by atoms with Crippen molar-refractivity contribution in [2.45, 2.75) is 0 Å². The Kier molecular flexibility index (Phi) is 3.46. The average molecular weight is 299 g/mol. The maximum atomic E-state index is 10.8. The summed E-state index contributed by atoms with van der Waals surface area (Å²) in [6.45, 7) is 0. The van der Waals surface area contributed by atoms with E-state index in [2.05, 4.69) is 5.10 Å². The molecule has 0 saturated heterocycles. The largest absolute Gasteiger partial charge is 0.478 e. The first-order valence-electron chi connectivity index (χ1n) is 6.28. The van der Waals surface area contributed by atoms with Gasteiger partial charge < -0.3 is 5.11 Å². The van der Waals surface area contributed by atoms with Crippen LogP contribution >= 0.6 is 11.6 Å². The van der Waals surface area contributed by atoms with Crippen LogP contribution in [0.15, 0.2) is 60.9 Å². The number of halogens is 1. The molecule has 1 N–H and O–H groups in total. The van der Waals surface area contributed by atoms with Crippen molar-refractivity contribution in [3.05, 3.63) is 71.5 Å². The van der Waals surface area contributed by atoms with E-state index in [0.717, 1.165) is 16.8 Å². The molecule has 3 rings (SSSR count). The molecule has 104 valence electrons. The predicted molar refractivity (Wildman–Crippen MR) is 81.0 cm³/mol. The normalized spacial score (nSPS) is 10.5. The summed E-state index contributed by atoms with van der Waals surface area (Å²) in [6.07, 6.45) is 3.59. The van der Waals surface area contributed by atoms with Gasteiger partial charge in [0.05, 0.1) is 17.4 Å². The van der Waals surface area contributed by atoms with E-state index in [1.807, 2.05) is 30.5 Å². The number of aromatic nitrogens is 2. The van der Waals surface area contributed by atoms with E-state index in [-0.39, 0.29) is 5.56 Å². The third-order valence-electron chi connectivity index (χ3n) is 3.15. The molecule has 5 heteroatoms. The minimum absolute atomic E-state index is 0.247. The summed E-state index contributed by atoms with van der Waals surface area (Å²) in [5, 5.41) is 13.8. The summed E-state index contributed by atoms with van der Waals surface area (Å²) in [5.41, 5.74) is 2.85. The van der Waals surface area contributed by atoms with Gasteiger partial charge in [0.25, 0.3) is 0 Å². The highest BCUT2D eigenvalue weighted by molar-refractivity contribution is 6.33. The lowest BCUT2D eigenvalue weighted by molar-refractivity contribution is 0.0697. The number of hydrogen-bond acceptors (Lipinski definition) is 2. The van der Waals surface area contributed by atoms with Crippen LogP contribution in [0.1, 0.15) is 10.4 Å². The number of rotatable bonds is 3. The van der Waals surface area contributed by atoms with E-state index in [1.165, 1.54) is 0 Å². The van der Waals surface area contributed by atoms with Crippen molar-refractivity contribution >= 4 is 17.6 Å². The van der Waals surface area contributed by atoms with Gasteiger partial charge in [0.15, 0.2) is 0 Å². The quantitative estimate of drug-likeness (QED) is 0.798. The molecule has 0 aliphatic carbocycles. The van der Waals surface area contributed by atoms with E-state index in [1.54, 1.807) is 35.1 Å². The van der Waals surface area contributed by atoms with Gasteiger partial charge in [0.2, 0.25) is 0 Å². The first-order chi connectivity index (χ1) is 10.1. The Hall–Kier alpha value is -2.59. The molecule has 0 aliphatic heterocycles. The van der Waals surface area contributed by atoms with E-state index in [4.69, 9.17) is 16.7 Å². The number of benzene rings is 2. The fraction of sp³-hybridized carbons (Fsp3) is 0. The van der Waals surface area contributed by atoms with Crippen LogP contribution in [0, 0.1) is 0 Å². The number of nitrogens with zero attached hydrogens (tertiary/aromatic N) is 2. The summed E-state index contributed by atoms with van der Waals surface area (Å²) in [4.78, 5) is 10.8. The molecule has 21 heavy (non-hydrogen) atoms. The van der Waals surface area contributed by atoms with Gasteiger partial charge in [-0.25, -0.2) is 9.48 Å². The number of carboxylic acid groups (broad SMARTS) is 1. The molecule has 0 unspecified atom stereocenters. The standard InChI is InChI=1S/C16H11ClN2O2/c17-15-4-2-1-3-14(15)12-9-18-19(10-12)13-7-5-11(6-8-13)16(20)21/h1-10H,(H,20,21). The Morgan fingerprint density at radius 1 is 1.10 bits per heavy atom.